The Morgan fingerprint density at radius 1 is 1.25 bits per heavy atom. The van der Waals surface area contributed by atoms with Crippen LogP contribution in [0.15, 0.2) is 18.2 Å². The van der Waals surface area contributed by atoms with Crippen molar-refractivity contribution in [3.63, 3.8) is 0 Å². The summed E-state index contributed by atoms with van der Waals surface area (Å²) < 4.78 is 10.5. The van der Waals surface area contributed by atoms with Gasteiger partial charge in [0.25, 0.3) is 0 Å². The smallest absolute Gasteiger partial charge is 0.226 e. The van der Waals surface area contributed by atoms with Gasteiger partial charge in [-0.05, 0) is 19.9 Å². The normalized spacial score (nSPS) is 11.1. The second-order valence-corrected chi connectivity index (χ2v) is 5.24. The fourth-order valence-electron chi connectivity index (χ4n) is 1.93. The van der Waals surface area contributed by atoms with E-state index >= 15 is 0 Å². The second kappa shape index (κ2) is 7.14. The second-order valence-electron chi connectivity index (χ2n) is 5.24. The fourth-order valence-corrected chi connectivity index (χ4v) is 1.93. The molecule has 1 amide bonds. The van der Waals surface area contributed by atoms with Crippen LogP contribution < -0.4 is 20.1 Å². The number of carbonyl (C=O) groups excluding carboxylic acids is 1. The average Bonchev–Trinajstić information content (AvgIpc) is 2.46. The van der Waals surface area contributed by atoms with Gasteiger partial charge in [-0.1, -0.05) is 6.07 Å². The number of nitrogens with one attached hydrogen (secondary N) is 2. The summed E-state index contributed by atoms with van der Waals surface area (Å²) in [6.45, 7) is 5.03. The number of rotatable bonds is 7. The van der Waals surface area contributed by atoms with E-state index in [-0.39, 0.29) is 5.91 Å². The quantitative estimate of drug-likeness (QED) is 0.796. The van der Waals surface area contributed by atoms with Crippen molar-refractivity contribution in [2.24, 2.45) is 5.41 Å². The summed E-state index contributed by atoms with van der Waals surface area (Å²) in [5.74, 6) is 1.55. The van der Waals surface area contributed by atoms with Crippen molar-refractivity contribution in [3.8, 4) is 11.5 Å². The molecule has 0 saturated carbocycles. The van der Waals surface area contributed by atoms with E-state index in [1.54, 1.807) is 21.3 Å². The highest BCUT2D eigenvalue weighted by atomic mass is 16.5. The number of methoxy groups -OCH3 is 2. The minimum atomic E-state index is -0.450. The van der Waals surface area contributed by atoms with Crippen LogP contribution in [0, 0.1) is 5.41 Å². The summed E-state index contributed by atoms with van der Waals surface area (Å²) in [4.78, 5) is 11.7. The van der Waals surface area contributed by atoms with Crippen molar-refractivity contribution in [1.82, 2.24) is 10.6 Å². The molecule has 5 nitrogen and oxygen atoms in total. The maximum atomic E-state index is 11.7. The number of hydrogen-bond donors (Lipinski definition) is 2. The summed E-state index contributed by atoms with van der Waals surface area (Å²) in [6.07, 6.45) is 0. The third-order valence-corrected chi connectivity index (χ3v) is 3.22. The lowest BCUT2D eigenvalue weighted by Crippen LogP contribution is -2.41. The molecule has 0 atom stereocenters. The van der Waals surface area contributed by atoms with Crippen molar-refractivity contribution in [2.45, 2.75) is 20.4 Å². The van der Waals surface area contributed by atoms with Crippen LogP contribution in [0.2, 0.25) is 0 Å². The molecule has 0 unspecified atom stereocenters. The zero-order valence-electron chi connectivity index (χ0n) is 12.9. The molecule has 0 bridgehead atoms. The highest BCUT2D eigenvalue weighted by Crippen LogP contribution is 2.24. The van der Waals surface area contributed by atoms with E-state index < -0.39 is 5.41 Å². The van der Waals surface area contributed by atoms with Gasteiger partial charge in [0, 0.05) is 31.8 Å². The van der Waals surface area contributed by atoms with Crippen molar-refractivity contribution in [1.29, 1.82) is 0 Å². The summed E-state index contributed by atoms with van der Waals surface area (Å²) >= 11 is 0. The third-order valence-electron chi connectivity index (χ3n) is 3.22. The van der Waals surface area contributed by atoms with Crippen LogP contribution in [0.4, 0.5) is 0 Å². The Hall–Kier alpha value is -1.75. The van der Waals surface area contributed by atoms with Gasteiger partial charge in [0.05, 0.1) is 19.6 Å². The Bertz CT molecular complexity index is 458. The fraction of sp³-hybridized carbons (Fsp3) is 0.533. The number of benzene rings is 1. The molecular weight excluding hydrogens is 256 g/mol. The van der Waals surface area contributed by atoms with E-state index in [4.69, 9.17) is 9.47 Å². The van der Waals surface area contributed by atoms with E-state index in [2.05, 4.69) is 10.6 Å². The molecule has 0 radical (unpaired) electrons. The molecule has 5 heteroatoms. The van der Waals surface area contributed by atoms with Crippen molar-refractivity contribution >= 4 is 5.91 Å². The summed E-state index contributed by atoms with van der Waals surface area (Å²) in [5.41, 5.74) is 0.579. The molecule has 20 heavy (non-hydrogen) atoms. The maximum Gasteiger partial charge on any atom is 0.226 e. The number of ether oxygens (including phenoxy) is 2. The monoisotopic (exact) mass is 280 g/mol. The summed E-state index contributed by atoms with van der Waals surface area (Å²) in [6, 6.07) is 5.70. The van der Waals surface area contributed by atoms with Crippen molar-refractivity contribution in [2.75, 3.05) is 27.8 Å². The van der Waals surface area contributed by atoms with Gasteiger partial charge in [-0.15, -0.1) is 0 Å². The molecule has 0 aliphatic carbocycles. The lowest BCUT2D eigenvalue weighted by atomic mass is 9.92. The number of carbonyl (C=O) groups is 1. The Balaban J connectivity index is 2.64. The Labute approximate surface area is 120 Å². The van der Waals surface area contributed by atoms with Gasteiger partial charge in [0.15, 0.2) is 0 Å². The molecule has 0 heterocycles. The predicted octanol–water partition coefficient (Wildman–Crippen LogP) is 1.57. The number of amides is 1. The zero-order chi connectivity index (χ0) is 15.2. The van der Waals surface area contributed by atoms with Crippen LogP contribution >= 0.6 is 0 Å². The van der Waals surface area contributed by atoms with Crippen LogP contribution in [0.25, 0.3) is 0 Å². The molecule has 0 fully saturated rings. The predicted molar refractivity (Wildman–Crippen MR) is 79.1 cm³/mol. The molecule has 0 aromatic heterocycles. The lowest BCUT2D eigenvalue weighted by Gasteiger charge is -2.23. The number of hydrogen-bond acceptors (Lipinski definition) is 4. The van der Waals surface area contributed by atoms with E-state index in [0.717, 1.165) is 17.1 Å². The highest BCUT2D eigenvalue weighted by molar-refractivity contribution is 5.81. The van der Waals surface area contributed by atoms with Gasteiger partial charge in [0.1, 0.15) is 11.5 Å². The molecule has 0 aliphatic rings. The molecule has 0 spiro atoms. The van der Waals surface area contributed by atoms with Crippen LogP contribution in [0.5, 0.6) is 11.5 Å². The topological polar surface area (TPSA) is 59.6 Å². The average molecular weight is 280 g/mol. The molecule has 0 saturated heterocycles. The summed E-state index contributed by atoms with van der Waals surface area (Å²) in [7, 11) is 4.90. The van der Waals surface area contributed by atoms with Gasteiger partial charge in [-0.2, -0.15) is 0 Å². The largest absolute Gasteiger partial charge is 0.497 e. The van der Waals surface area contributed by atoms with Crippen molar-refractivity contribution < 1.29 is 14.3 Å². The van der Waals surface area contributed by atoms with Gasteiger partial charge in [0.2, 0.25) is 5.91 Å². The van der Waals surface area contributed by atoms with Gasteiger partial charge in [-0.3, -0.25) is 4.79 Å². The lowest BCUT2D eigenvalue weighted by molar-refractivity contribution is -0.128. The minimum absolute atomic E-state index is 0.0201. The van der Waals surface area contributed by atoms with E-state index in [1.165, 1.54) is 0 Å². The van der Waals surface area contributed by atoms with Gasteiger partial charge < -0.3 is 20.1 Å². The Morgan fingerprint density at radius 3 is 2.50 bits per heavy atom. The van der Waals surface area contributed by atoms with E-state index in [9.17, 15) is 4.79 Å². The molecule has 2 N–H and O–H groups in total. The standard InChI is InChI=1S/C15H24N2O3/c1-15(2,14(18)16-3)10-17-9-11-6-7-12(19-4)8-13(11)20-5/h6-8,17H,9-10H2,1-5H3,(H,16,18). The third kappa shape index (κ3) is 4.13. The molecule has 1 aromatic carbocycles. The molecule has 1 rings (SSSR count). The first-order valence-corrected chi connectivity index (χ1v) is 6.58. The SMILES string of the molecule is CNC(=O)C(C)(C)CNCc1ccc(OC)cc1OC. The first kappa shape index (κ1) is 16.3. The first-order chi connectivity index (χ1) is 9.44. The molecule has 0 aliphatic heterocycles. The molecule has 1 aromatic rings. The van der Waals surface area contributed by atoms with E-state index in [1.807, 2.05) is 32.0 Å². The van der Waals surface area contributed by atoms with Crippen LogP contribution in [0.1, 0.15) is 19.4 Å². The minimum Gasteiger partial charge on any atom is -0.497 e. The Kier molecular flexibility index (Phi) is 5.82. The molecular formula is C15H24N2O3. The first-order valence-electron chi connectivity index (χ1n) is 6.58. The van der Waals surface area contributed by atoms with Crippen LogP contribution in [-0.2, 0) is 11.3 Å². The maximum absolute atomic E-state index is 11.7. The Morgan fingerprint density at radius 2 is 1.95 bits per heavy atom. The van der Waals surface area contributed by atoms with Crippen LogP contribution in [0.3, 0.4) is 0 Å². The van der Waals surface area contributed by atoms with Crippen LogP contribution in [-0.4, -0.2) is 33.7 Å². The zero-order valence-corrected chi connectivity index (χ0v) is 12.9. The van der Waals surface area contributed by atoms with E-state index in [0.29, 0.717) is 13.1 Å². The van der Waals surface area contributed by atoms with Crippen molar-refractivity contribution in [3.05, 3.63) is 23.8 Å². The van der Waals surface area contributed by atoms with Gasteiger partial charge >= 0.3 is 0 Å². The molecule has 112 valence electrons. The highest BCUT2D eigenvalue weighted by Gasteiger charge is 2.25. The van der Waals surface area contributed by atoms with Gasteiger partial charge in [-0.25, -0.2) is 0 Å². The summed E-state index contributed by atoms with van der Waals surface area (Å²) in [5, 5.41) is 5.96.